The van der Waals surface area contributed by atoms with Crippen molar-refractivity contribution in [3.63, 3.8) is 0 Å². The molecule has 1 heterocycles. The number of hydrogen-bond acceptors (Lipinski definition) is 1. The van der Waals surface area contributed by atoms with E-state index < -0.39 is 15.0 Å². The van der Waals surface area contributed by atoms with Crippen LogP contribution in [0.3, 0.4) is 0 Å². The van der Waals surface area contributed by atoms with Crippen molar-refractivity contribution in [2.24, 2.45) is 0 Å². The molecule has 0 saturated heterocycles. The standard InChI is InChI=1S/C6H8N.2ClH.Pd/c1-6-4-2-3-5-7-6;;;/h2-6H,1H3;2*1H;/q-1;;;+3/p-2. The summed E-state index contributed by atoms with van der Waals surface area (Å²) < 4.78 is 1.98. The van der Waals surface area contributed by atoms with Gasteiger partial charge in [-0.3, -0.25) is 0 Å². The van der Waals surface area contributed by atoms with Gasteiger partial charge in [-0.2, -0.15) is 0 Å². The summed E-state index contributed by atoms with van der Waals surface area (Å²) in [6.07, 6.45) is 7.95. The molecular weight excluding hydrogens is 263 g/mol. The van der Waals surface area contributed by atoms with Gasteiger partial charge in [-0.1, -0.05) is 0 Å². The second kappa shape index (κ2) is 3.78. The summed E-state index contributed by atoms with van der Waals surface area (Å²) in [7, 11) is 11.5. The van der Waals surface area contributed by atoms with Crippen LogP contribution < -0.4 is 0 Å². The van der Waals surface area contributed by atoms with Crippen LogP contribution in [0.2, 0.25) is 0 Å². The Balaban J connectivity index is 2.61. The van der Waals surface area contributed by atoms with E-state index in [1.54, 1.807) is 0 Å². The minimum atomic E-state index is -1.47. The van der Waals surface area contributed by atoms with E-state index in [0.717, 1.165) is 0 Å². The SMILES string of the molecule is CC1C=CC=C[N]1[Pd]([Cl])[Cl]. The molecule has 0 spiro atoms. The van der Waals surface area contributed by atoms with E-state index >= 15 is 0 Å². The Bertz CT molecular complexity index is 167. The number of rotatable bonds is 1. The monoisotopic (exact) mass is 270 g/mol. The zero-order valence-corrected chi connectivity index (χ0v) is 8.47. The molecule has 0 bridgehead atoms. The van der Waals surface area contributed by atoms with Crippen LogP contribution in [0.15, 0.2) is 24.4 Å². The third kappa shape index (κ3) is 2.00. The van der Waals surface area contributed by atoms with E-state index in [9.17, 15) is 0 Å². The van der Waals surface area contributed by atoms with Gasteiger partial charge in [0.1, 0.15) is 0 Å². The summed E-state index contributed by atoms with van der Waals surface area (Å²) in [5.41, 5.74) is 0. The Morgan fingerprint density at radius 3 is 2.50 bits per heavy atom. The molecule has 1 unspecified atom stereocenters. The van der Waals surface area contributed by atoms with Crippen molar-refractivity contribution in [2.75, 3.05) is 0 Å². The molecule has 0 saturated carbocycles. The van der Waals surface area contributed by atoms with Gasteiger partial charge >= 0.3 is 74.9 Å². The third-order valence-corrected chi connectivity index (χ3v) is 4.14. The molecule has 0 aromatic rings. The molecule has 0 N–H and O–H groups in total. The normalized spacial score (nSPS) is 25.3. The van der Waals surface area contributed by atoms with Crippen LogP contribution in [-0.4, -0.2) is 9.58 Å². The molecule has 61 valence electrons. The quantitative estimate of drug-likeness (QED) is 0.663. The van der Waals surface area contributed by atoms with Gasteiger partial charge in [-0.25, -0.2) is 0 Å². The summed E-state index contributed by atoms with van der Waals surface area (Å²) >= 11 is -1.47. The molecule has 1 nitrogen and oxygen atoms in total. The number of halogens is 2. The second-order valence-corrected chi connectivity index (χ2v) is 6.88. The van der Waals surface area contributed by atoms with Crippen molar-refractivity contribution in [3.05, 3.63) is 24.4 Å². The van der Waals surface area contributed by atoms with Gasteiger partial charge in [0.25, 0.3) is 0 Å². The van der Waals surface area contributed by atoms with Gasteiger partial charge in [0.15, 0.2) is 0 Å². The molecule has 0 aromatic carbocycles. The average Bonchev–Trinajstić information content (AvgIpc) is 1.88. The van der Waals surface area contributed by atoms with E-state index in [-0.39, 0.29) is 0 Å². The summed E-state index contributed by atoms with van der Waals surface area (Å²) in [5, 5.41) is 0. The number of allylic oxidation sites excluding steroid dienone is 2. The second-order valence-electron chi connectivity index (χ2n) is 1.93. The van der Waals surface area contributed by atoms with Crippen LogP contribution in [0.5, 0.6) is 0 Å². The van der Waals surface area contributed by atoms with Gasteiger partial charge in [0, 0.05) is 0 Å². The molecule has 1 aliphatic heterocycles. The Labute approximate surface area is 74.8 Å². The van der Waals surface area contributed by atoms with Crippen LogP contribution in [0.4, 0.5) is 0 Å². The summed E-state index contributed by atoms with van der Waals surface area (Å²) in [5.74, 6) is 0. The van der Waals surface area contributed by atoms with Gasteiger partial charge in [0.2, 0.25) is 0 Å². The van der Waals surface area contributed by atoms with Crippen molar-refractivity contribution >= 4 is 19.1 Å². The molecule has 1 aliphatic rings. The first kappa shape index (κ1) is 8.62. The summed E-state index contributed by atoms with van der Waals surface area (Å²) in [4.78, 5) is 0. The predicted molar refractivity (Wildman–Crippen MR) is 41.3 cm³/mol. The molecule has 0 aliphatic carbocycles. The van der Waals surface area contributed by atoms with Crippen LogP contribution in [-0.2, 0) is 15.0 Å². The van der Waals surface area contributed by atoms with Crippen molar-refractivity contribution in [2.45, 2.75) is 13.0 Å². The van der Waals surface area contributed by atoms with Crippen molar-refractivity contribution < 1.29 is 15.0 Å². The van der Waals surface area contributed by atoms with Gasteiger partial charge < -0.3 is 0 Å². The number of hydrogen-bond donors (Lipinski definition) is 0. The van der Waals surface area contributed by atoms with Gasteiger partial charge in [0.05, 0.1) is 0 Å². The maximum atomic E-state index is 5.77. The molecular formula is C6H8Cl2NPd. The first-order valence-corrected chi connectivity index (χ1v) is 7.51. The predicted octanol–water partition coefficient (Wildman–Crippen LogP) is 2.60. The van der Waals surface area contributed by atoms with Crippen LogP contribution in [0.1, 0.15) is 6.92 Å². The fraction of sp³-hybridized carbons (Fsp3) is 0.333. The number of nitrogens with zero attached hydrogens (tertiary/aromatic N) is 1. The first-order valence-electron chi connectivity index (χ1n) is 2.81. The third-order valence-electron chi connectivity index (χ3n) is 1.21. The zero-order chi connectivity index (χ0) is 7.56. The first-order chi connectivity index (χ1) is 4.72. The molecule has 0 aromatic heterocycles. The van der Waals surface area contributed by atoms with E-state index in [2.05, 4.69) is 13.0 Å². The van der Waals surface area contributed by atoms with Crippen LogP contribution in [0, 0.1) is 0 Å². The van der Waals surface area contributed by atoms with E-state index in [4.69, 9.17) is 19.1 Å². The van der Waals surface area contributed by atoms with Crippen molar-refractivity contribution in [1.82, 2.24) is 3.53 Å². The summed E-state index contributed by atoms with van der Waals surface area (Å²) in [6.45, 7) is 2.07. The van der Waals surface area contributed by atoms with Crippen LogP contribution in [0.25, 0.3) is 0 Å². The average molecular weight is 271 g/mol. The summed E-state index contributed by atoms with van der Waals surface area (Å²) in [6, 6.07) is 0.348. The van der Waals surface area contributed by atoms with Crippen molar-refractivity contribution in [1.29, 1.82) is 0 Å². The Hall–Kier alpha value is 0.522. The zero-order valence-electron chi connectivity index (χ0n) is 5.41. The van der Waals surface area contributed by atoms with Gasteiger partial charge in [-0.15, -0.1) is 0 Å². The molecule has 10 heavy (non-hydrogen) atoms. The van der Waals surface area contributed by atoms with Gasteiger partial charge in [-0.05, 0) is 0 Å². The topological polar surface area (TPSA) is 3.24 Å². The molecule has 0 amide bonds. The van der Waals surface area contributed by atoms with Crippen LogP contribution >= 0.6 is 19.1 Å². The molecule has 0 radical (unpaired) electrons. The van der Waals surface area contributed by atoms with Crippen molar-refractivity contribution in [3.8, 4) is 0 Å². The fourth-order valence-corrected chi connectivity index (χ4v) is 3.19. The van der Waals surface area contributed by atoms with E-state index in [0.29, 0.717) is 6.04 Å². The Kier molecular flexibility index (Phi) is 3.26. The molecule has 1 rings (SSSR count). The molecule has 0 fully saturated rings. The van der Waals surface area contributed by atoms with E-state index in [1.807, 2.05) is 21.9 Å². The van der Waals surface area contributed by atoms with E-state index in [1.165, 1.54) is 0 Å². The minimum absolute atomic E-state index is 0.348. The Morgan fingerprint density at radius 1 is 1.40 bits per heavy atom. The molecule has 1 atom stereocenters. The molecule has 4 heteroatoms. The fourth-order valence-electron chi connectivity index (χ4n) is 0.697. The Morgan fingerprint density at radius 2 is 2.10 bits per heavy atom. The maximum absolute atomic E-state index is 5.77.